The van der Waals surface area contributed by atoms with Crippen LogP contribution in [0.4, 0.5) is 18.0 Å². The molecular weight excluding hydrogens is 527 g/mol. The van der Waals surface area contributed by atoms with Gasteiger partial charge in [0.25, 0.3) is 0 Å². The van der Waals surface area contributed by atoms with Crippen molar-refractivity contribution in [1.29, 1.82) is 5.26 Å². The van der Waals surface area contributed by atoms with Crippen molar-refractivity contribution in [2.75, 3.05) is 13.1 Å². The van der Waals surface area contributed by atoms with E-state index in [0.29, 0.717) is 30.9 Å². The van der Waals surface area contributed by atoms with E-state index in [-0.39, 0.29) is 30.4 Å². The number of piperidine rings is 1. The monoisotopic (exact) mass is 561 g/mol. The number of ether oxygens (including phenoxy) is 1. The number of alkyl halides is 3. The van der Waals surface area contributed by atoms with Crippen LogP contribution in [0.25, 0.3) is 0 Å². The quantitative estimate of drug-likeness (QED) is 0.571. The summed E-state index contributed by atoms with van der Waals surface area (Å²) in [7, 11) is 0. The Bertz CT molecular complexity index is 1220. The number of nitrogens with one attached hydrogen (secondary N) is 1. The average Bonchev–Trinajstić information content (AvgIpc) is 3.18. The van der Waals surface area contributed by atoms with Gasteiger partial charge in [-0.3, -0.25) is 14.5 Å². The molecule has 12 heteroatoms. The fraction of sp³-hybridized carbons (Fsp3) is 0.643. The van der Waals surface area contributed by atoms with Crippen molar-refractivity contribution in [2.45, 2.75) is 95.0 Å². The lowest BCUT2D eigenvalue weighted by atomic mass is 10.0. The van der Waals surface area contributed by atoms with E-state index in [4.69, 9.17) is 4.74 Å². The highest BCUT2D eigenvalue weighted by molar-refractivity contribution is 5.89. The van der Waals surface area contributed by atoms with Crippen LogP contribution in [0, 0.1) is 17.2 Å². The van der Waals surface area contributed by atoms with Gasteiger partial charge in [0.1, 0.15) is 17.7 Å². The van der Waals surface area contributed by atoms with Crippen molar-refractivity contribution >= 4 is 17.9 Å². The number of halogens is 3. The fourth-order valence-electron chi connectivity index (χ4n) is 6.45. The Balaban J connectivity index is 1.29. The number of amides is 3. The minimum Gasteiger partial charge on any atom is -0.444 e. The van der Waals surface area contributed by atoms with Gasteiger partial charge in [-0.2, -0.15) is 18.4 Å². The van der Waals surface area contributed by atoms with E-state index in [1.54, 1.807) is 37.5 Å². The highest BCUT2D eigenvalue weighted by atomic mass is 19.4. The predicted molar refractivity (Wildman–Crippen MR) is 136 cm³/mol. The van der Waals surface area contributed by atoms with Gasteiger partial charge < -0.3 is 19.9 Å². The van der Waals surface area contributed by atoms with Crippen molar-refractivity contribution in [3.63, 3.8) is 0 Å². The molecule has 3 amide bonds. The molecule has 2 bridgehead atoms. The number of likely N-dealkylation sites (tertiary alicyclic amines) is 3. The highest BCUT2D eigenvalue weighted by Gasteiger charge is 2.56. The molecule has 9 nitrogen and oxygen atoms in total. The van der Waals surface area contributed by atoms with Gasteiger partial charge in [-0.25, -0.2) is 4.79 Å². The number of rotatable bonds is 6. The maximum atomic E-state index is 13.7. The van der Waals surface area contributed by atoms with Crippen LogP contribution >= 0.6 is 0 Å². The van der Waals surface area contributed by atoms with Crippen LogP contribution in [0.3, 0.4) is 0 Å². The maximum absolute atomic E-state index is 13.7. The number of hydrogen-bond donors (Lipinski definition) is 1. The molecule has 4 aliphatic rings. The Morgan fingerprint density at radius 2 is 1.82 bits per heavy atom. The van der Waals surface area contributed by atoms with Gasteiger partial charge in [0, 0.05) is 25.2 Å². The molecule has 1 aromatic carbocycles. The molecule has 1 N–H and O–H groups in total. The summed E-state index contributed by atoms with van der Waals surface area (Å²) >= 11 is 0. The van der Waals surface area contributed by atoms with Crippen molar-refractivity contribution in [2.24, 2.45) is 5.92 Å². The summed E-state index contributed by atoms with van der Waals surface area (Å²) in [6.45, 7) is 7.48. The van der Waals surface area contributed by atoms with Gasteiger partial charge in [0.2, 0.25) is 11.8 Å². The summed E-state index contributed by atoms with van der Waals surface area (Å²) in [5.41, 5.74) is -0.915. The Kier molecular flexibility index (Phi) is 7.01. The van der Waals surface area contributed by atoms with Gasteiger partial charge >= 0.3 is 12.3 Å². The number of hydrogen-bond acceptors (Lipinski definition) is 6. The molecule has 4 fully saturated rings. The molecule has 0 aromatic heterocycles. The van der Waals surface area contributed by atoms with Gasteiger partial charge in [-0.05, 0) is 70.6 Å². The number of alkyl carbamates (subject to hydrolysis) is 1. The lowest BCUT2D eigenvalue weighted by molar-refractivity contribution is -0.141. The lowest BCUT2D eigenvalue weighted by Crippen LogP contribution is -2.59. The van der Waals surface area contributed by atoms with E-state index in [2.05, 4.69) is 11.4 Å². The van der Waals surface area contributed by atoms with Gasteiger partial charge in [-0.15, -0.1) is 0 Å². The Hall–Kier alpha value is -3.33. The third-order valence-corrected chi connectivity index (χ3v) is 8.37. The Labute approximate surface area is 231 Å². The smallest absolute Gasteiger partial charge is 0.416 e. The number of benzene rings is 1. The summed E-state index contributed by atoms with van der Waals surface area (Å²) in [6.07, 6.45) is -3.21. The van der Waals surface area contributed by atoms with Crippen LogP contribution in [-0.4, -0.2) is 81.5 Å². The molecule has 40 heavy (non-hydrogen) atoms. The first-order valence-electron chi connectivity index (χ1n) is 13.6. The molecule has 7 atom stereocenters. The summed E-state index contributed by atoms with van der Waals surface area (Å²) in [6, 6.07) is 4.37. The first kappa shape index (κ1) is 28.2. The van der Waals surface area contributed by atoms with Gasteiger partial charge in [-0.1, -0.05) is 12.1 Å². The number of nitrogens with zero attached hydrogens (tertiary/aromatic N) is 4. The van der Waals surface area contributed by atoms with Crippen molar-refractivity contribution in [3.8, 4) is 6.07 Å². The fourth-order valence-corrected chi connectivity index (χ4v) is 6.45. The minimum atomic E-state index is -4.44. The van der Waals surface area contributed by atoms with E-state index in [0.717, 1.165) is 18.6 Å². The molecule has 5 rings (SSSR count). The van der Waals surface area contributed by atoms with Crippen molar-refractivity contribution in [3.05, 3.63) is 35.4 Å². The number of carbonyl (C=O) groups is 3. The number of fused-ring (bicyclic) bond motifs is 3. The van der Waals surface area contributed by atoms with Crippen LogP contribution in [0.1, 0.15) is 64.1 Å². The summed E-state index contributed by atoms with van der Waals surface area (Å²) < 4.78 is 44.4. The lowest BCUT2D eigenvalue weighted by Gasteiger charge is -2.39. The number of nitriles is 1. The largest absolute Gasteiger partial charge is 0.444 e. The maximum Gasteiger partial charge on any atom is 0.416 e. The number of piperazine rings is 1. The molecule has 0 radical (unpaired) electrons. The second-order valence-electron chi connectivity index (χ2n) is 12.3. The Morgan fingerprint density at radius 1 is 1.15 bits per heavy atom. The van der Waals surface area contributed by atoms with Crippen LogP contribution in [0.5, 0.6) is 0 Å². The Morgan fingerprint density at radius 3 is 2.40 bits per heavy atom. The van der Waals surface area contributed by atoms with Gasteiger partial charge in [0.15, 0.2) is 0 Å². The molecule has 0 spiro atoms. The van der Waals surface area contributed by atoms with Gasteiger partial charge in [0.05, 0.1) is 23.7 Å². The average molecular weight is 562 g/mol. The van der Waals surface area contributed by atoms with Crippen LogP contribution in [0.2, 0.25) is 0 Å². The third kappa shape index (κ3) is 5.36. The van der Waals surface area contributed by atoms with E-state index >= 15 is 0 Å². The summed E-state index contributed by atoms with van der Waals surface area (Å²) in [5, 5.41) is 12.3. The zero-order chi connectivity index (χ0) is 29.1. The standard InChI is InChI=1S/C28H34F3N5O4/c1-15(16-5-7-18(8-6-16)28(29,30)31)35-20-11-23(25(35)38)34(13-20)14-21(33-26(39)40-27(2,3)4)24(37)36-19(12-32)9-17-10-22(17)36/h5-8,15,17,19-23H,9-11,13-14H2,1-4H3,(H,33,39)/t15?,17-,19?,20?,21?,22+,23?/m1/s1. The number of carbonyl (C=O) groups excluding carboxylic acids is 3. The molecule has 3 saturated heterocycles. The van der Waals surface area contributed by atoms with Crippen LogP contribution in [0.15, 0.2) is 24.3 Å². The van der Waals surface area contributed by atoms with Crippen molar-refractivity contribution < 1.29 is 32.3 Å². The molecule has 3 heterocycles. The molecule has 5 unspecified atom stereocenters. The van der Waals surface area contributed by atoms with Crippen molar-refractivity contribution in [1.82, 2.24) is 20.0 Å². The first-order chi connectivity index (χ1) is 18.7. The zero-order valence-corrected chi connectivity index (χ0v) is 22.9. The predicted octanol–water partition coefficient (Wildman–Crippen LogP) is 3.46. The topological polar surface area (TPSA) is 106 Å². The summed E-state index contributed by atoms with van der Waals surface area (Å²) in [4.78, 5) is 45.0. The van der Waals surface area contributed by atoms with Crippen LogP contribution in [-0.2, 0) is 20.5 Å². The molecule has 216 valence electrons. The molecule has 1 saturated carbocycles. The van der Waals surface area contributed by atoms with E-state index in [1.807, 2.05) is 4.90 Å². The second-order valence-corrected chi connectivity index (χ2v) is 12.3. The van der Waals surface area contributed by atoms with E-state index in [9.17, 15) is 32.8 Å². The van der Waals surface area contributed by atoms with Crippen LogP contribution < -0.4 is 5.32 Å². The molecule has 1 aliphatic carbocycles. The minimum absolute atomic E-state index is 0.00294. The van der Waals surface area contributed by atoms with E-state index < -0.39 is 47.6 Å². The van der Waals surface area contributed by atoms with E-state index in [1.165, 1.54) is 12.1 Å². The molecular formula is C28H34F3N5O4. The summed E-state index contributed by atoms with van der Waals surface area (Å²) in [5.74, 6) is -0.210. The normalized spacial score (nSPS) is 29.1. The zero-order valence-electron chi connectivity index (χ0n) is 22.9. The molecule has 3 aliphatic heterocycles. The third-order valence-electron chi connectivity index (χ3n) is 8.37. The molecule has 1 aromatic rings. The first-order valence-corrected chi connectivity index (χ1v) is 13.6. The second kappa shape index (κ2) is 9.94. The SMILES string of the molecule is CC(c1ccc(C(F)(F)F)cc1)N1C(=O)C2CC1CN2CC(NC(=O)OC(C)(C)C)C(=O)N1C(C#N)C[C@@H]2C[C@@H]21. The highest BCUT2D eigenvalue weighted by Crippen LogP contribution is 2.48.